The first-order chi connectivity index (χ1) is 8.04. The van der Waals surface area contributed by atoms with Gasteiger partial charge in [0, 0.05) is 18.0 Å². The molecule has 3 nitrogen and oxygen atoms in total. The van der Waals surface area contributed by atoms with Gasteiger partial charge in [0.2, 0.25) is 0 Å². The van der Waals surface area contributed by atoms with Crippen molar-refractivity contribution in [2.24, 2.45) is 5.41 Å². The SMILES string of the molecule is CC1(C)C(O)CC1NCc1cccc(CO)c1. The van der Waals surface area contributed by atoms with Crippen LogP contribution in [0.1, 0.15) is 31.4 Å². The molecule has 1 aromatic carbocycles. The van der Waals surface area contributed by atoms with Crippen LogP contribution in [0, 0.1) is 5.41 Å². The fourth-order valence-corrected chi connectivity index (χ4v) is 2.33. The van der Waals surface area contributed by atoms with Gasteiger partial charge < -0.3 is 15.5 Å². The summed E-state index contributed by atoms with van der Waals surface area (Å²) in [4.78, 5) is 0. The zero-order valence-corrected chi connectivity index (χ0v) is 10.5. The minimum absolute atomic E-state index is 0.0331. The molecule has 17 heavy (non-hydrogen) atoms. The number of benzene rings is 1. The summed E-state index contributed by atoms with van der Waals surface area (Å²) in [5.74, 6) is 0. The van der Waals surface area contributed by atoms with Gasteiger partial charge in [0.05, 0.1) is 12.7 Å². The number of aliphatic hydroxyl groups excluding tert-OH is 2. The predicted octanol–water partition coefficient (Wildman–Crippen LogP) is 1.43. The van der Waals surface area contributed by atoms with Crippen LogP contribution in [0.4, 0.5) is 0 Å². The van der Waals surface area contributed by atoms with E-state index in [0.717, 1.165) is 18.5 Å². The molecule has 2 unspecified atom stereocenters. The smallest absolute Gasteiger partial charge is 0.0681 e. The van der Waals surface area contributed by atoms with Crippen LogP contribution in [0.3, 0.4) is 0 Å². The molecule has 0 spiro atoms. The van der Waals surface area contributed by atoms with Gasteiger partial charge in [-0.3, -0.25) is 0 Å². The van der Waals surface area contributed by atoms with E-state index in [2.05, 4.69) is 19.2 Å². The molecule has 0 aliphatic heterocycles. The summed E-state index contributed by atoms with van der Waals surface area (Å²) >= 11 is 0. The van der Waals surface area contributed by atoms with E-state index in [9.17, 15) is 5.11 Å². The maximum absolute atomic E-state index is 9.65. The molecular weight excluding hydrogens is 214 g/mol. The monoisotopic (exact) mass is 235 g/mol. The number of hydrogen-bond acceptors (Lipinski definition) is 3. The van der Waals surface area contributed by atoms with E-state index < -0.39 is 0 Å². The molecule has 3 heteroatoms. The van der Waals surface area contributed by atoms with Gasteiger partial charge >= 0.3 is 0 Å². The molecule has 1 aromatic rings. The summed E-state index contributed by atoms with van der Waals surface area (Å²) in [5.41, 5.74) is 2.08. The second-order valence-electron chi connectivity index (χ2n) is 5.48. The third-order valence-electron chi connectivity index (χ3n) is 3.94. The van der Waals surface area contributed by atoms with E-state index in [1.165, 1.54) is 5.56 Å². The second kappa shape index (κ2) is 4.77. The lowest BCUT2D eigenvalue weighted by Crippen LogP contribution is -2.59. The average molecular weight is 235 g/mol. The number of nitrogens with one attached hydrogen (secondary N) is 1. The highest BCUT2D eigenvalue weighted by Crippen LogP contribution is 2.40. The van der Waals surface area contributed by atoms with Crippen LogP contribution in [0.15, 0.2) is 24.3 Å². The first-order valence-corrected chi connectivity index (χ1v) is 6.14. The summed E-state index contributed by atoms with van der Waals surface area (Å²) in [5, 5.41) is 22.2. The Hall–Kier alpha value is -0.900. The summed E-state index contributed by atoms with van der Waals surface area (Å²) in [6.45, 7) is 5.04. The zero-order chi connectivity index (χ0) is 12.5. The standard InChI is InChI=1S/C14H21NO2/c1-14(2)12(7-13(14)17)15-8-10-4-3-5-11(6-10)9-16/h3-6,12-13,15-17H,7-9H2,1-2H3. The highest BCUT2D eigenvalue weighted by atomic mass is 16.3. The lowest BCUT2D eigenvalue weighted by atomic mass is 9.64. The molecule has 0 radical (unpaired) electrons. The quantitative estimate of drug-likeness (QED) is 0.740. The van der Waals surface area contributed by atoms with Gasteiger partial charge in [-0.1, -0.05) is 38.1 Å². The van der Waals surface area contributed by atoms with Gasteiger partial charge in [-0.15, -0.1) is 0 Å². The Morgan fingerprint density at radius 3 is 2.65 bits per heavy atom. The van der Waals surface area contributed by atoms with Crippen LogP contribution in [0.25, 0.3) is 0 Å². The van der Waals surface area contributed by atoms with Crippen molar-refractivity contribution >= 4 is 0 Å². The topological polar surface area (TPSA) is 52.5 Å². The first-order valence-electron chi connectivity index (χ1n) is 6.14. The van der Waals surface area contributed by atoms with Crippen molar-refractivity contribution in [1.29, 1.82) is 0 Å². The lowest BCUT2D eigenvalue weighted by Gasteiger charge is -2.49. The predicted molar refractivity (Wildman–Crippen MR) is 67.4 cm³/mol. The summed E-state index contributed by atoms with van der Waals surface area (Å²) < 4.78 is 0. The van der Waals surface area contributed by atoms with Crippen molar-refractivity contribution in [2.45, 2.75) is 45.6 Å². The molecule has 3 N–H and O–H groups in total. The number of rotatable bonds is 4. The summed E-state index contributed by atoms with van der Waals surface area (Å²) in [6, 6.07) is 8.31. The lowest BCUT2D eigenvalue weighted by molar-refractivity contribution is -0.0729. The van der Waals surface area contributed by atoms with Crippen LogP contribution in [-0.2, 0) is 13.2 Å². The van der Waals surface area contributed by atoms with Crippen LogP contribution in [0.2, 0.25) is 0 Å². The summed E-state index contributed by atoms with van der Waals surface area (Å²) in [7, 11) is 0. The van der Waals surface area contributed by atoms with Crippen LogP contribution in [0.5, 0.6) is 0 Å². The Morgan fingerprint density at radius 2 is 2.06 bits per heavy atom. The Kier molecular flexibility index (Phi) is 3.52. The van der Waals surface area contributed by atoms with Crippen LogP contribution in [-0.4, -0.2) is 22.4 Å². The molecular formula is C14H21NO2. The first kappa shape index (κ1) is 12.6. The van der Waals surface area contributed by atoms with Crippen LogP contribution >= 0.6 is 0 Å². The van der Waals surface area contributed by atoms with Crippen molar-refractivity contribution < 1.29 is 10.2 Å². The average Bonchev–Trinajstić information content (AvgIpc) is 2.34. The third-order valence-corrected chi connectivity index (χ3v) is 3.94. The molecule has 1 fully saturated rings. The van der Waals surface area contributed by atoms with Crippen molar-refractivity contribution in [1.82, 2.24) is 5.32 Å². The van der Waals surface area contributed by atoms with Gasteiger partial charge in [-0.2, -0.15) is 0 Å². The normalized spacial score (nSPS) is 26.6. The Bertz CT molecular complexity index is 390. The molecule has 94 valence electrons. The fraction of sp³-hybridized carbons (Fsp3) is 0.571. The molecule has 1 saturated carbocycles. The van der Waals surface area contributed by atoms with Gasteiger partial charge in [0.15, 0.2) is 0 Å². The van der Waals surface area contributed by atoms with Crippen molar-refractivity contribution in [3.8, 4) is 0 Å². The van der Waals surface area contributed by atoms with Crippen molar-refractivity contribution in [2.75, 3.05) is 0 Å². The molecule has 0 saturated heterocycles. The van der Waals surface area contributed by atoms with Crippen molar-refractivity contribution in [3.63, 3.8) is 0 Å². The van der Waals surface area contributed by atoms with Crippen molar-refractivity contribution in [3.05, 3.63) is 35.4 Å². The largest absolute Gasteiger partial charge is 0.392 e. The molecule has 0 bridgehead atoms. The van der Waals surface area contributed by atoms with E-state index in [4.69, 9.17) is 5.11 Å². The molecule has 0 amide bonds. The second-order valence-corrected chi connectivity index (χ2v) is 5.48. The highest BCUT2D eigenvalue weighted by Gasteiger charge is 2.46. The highest BCUT2D eigenvalue weighted by molar-refractivity contribution is 5.23. The Balaban J connectivity index is 1.90. The van der Waals surface area contributed by atoms with E-state index in [-0.39, 0.29) is 18.1 Å². The molecule has 0 aromatic heterocycles. The Labute approximate surface area is 102 Å². The Morgan fingerprint density at radius 1 is 1.35 bits per heavy atom. The third kappa shape index (κ3) is 2.51. The summed E-state index contributed by atoms with van der Waals surface area (Å²) in [6.07, 6.45) is 0.635. The zero-order valence-electron chi connectivity index (χ0n) is 10.5. The van der Waals surface area contributed by atoms with E-state index in [1.807, 2.05) is 24.3 Å². The van der Waals surface area contributed by atoms with Gasteiger partial charge in [-0.05, 0) is 17.5 Å². The molecule has 1 aliphatic rings. The van der Waals surface area contributed by atoms with Gasteiger partial charge in [0.25, 0.3) is 0 Å². The molecule has 0 heterocycles. The van der Waals surface area contributed by atoms with Crippen LogP contribution < -0.4 is 5.32 Å². The molecule has 1 aliphatic carbocycles. The minimum Gasteiger partial charge on any atom is -0.392 e. The number of hydrogen-bond donors (Lipinski definition) is 3. The molecule has 2 atom stereocenters. The maximum atomic E-state index is 9.65. The minimum atomic E-state index is -0.191. The van der Waals surface area contributed by atoms with Gasteiger partial charge in [-0.25, -0.2) is 0 Å². The van der Waals surface area contributed by atoms with E-state index in [0.29, 0.717) is 6.04 Å². The van der Waals surface area contributed by atoms with E-state index in [1.54, 1.807) is 0 Å². The molecule has 2 rings (SSSR count). The van der Waals surface area contributed by atoms with Gasteiger partial charge in [0.1, 0.15) is 0 Å². The number of aliphatic hydroxyl groups is 2. The fourth-order valence-electron chi connectivity index (χ4n) is 2.33. The van der Waals surface area contributed by atoms with E-state index >= 15 is 0 Å². The maximum Gasteiger partial charge on any atom is 0.0681 e.